The summed E-state index contributed by atoms with van der Waals surface area (Å²) in [6.45, 7) is 5.44. The molecule has 0 saturated heterocycles. The number of aromatic nitrogens is 1. The normalized spacial score (nSPS) is 12.1. The molecule has 5 nitrogen and oxygen atoms in total. The van der Waals surface area contributed by atoms with Crippen LogP contribution in [0.25, 0.3) is 0 Å². The highest BCUT2D eigenvalue weighted by Gasteiger charge is 2.17. The Kier molecular flexibility index (Phi) is 6.23. The highest BCUT2D eigenvalue weighted by atomic mass is 35.5. The van der Waals surface area contributed by atoms with Gasteiger partial charge < -0.3 is 10.1 Å². The number of rotatable bonds is 5. The molecule has 1 rings (SSSR count). The van der Waals surface area contributed by atoms with Crippen molar-refractivity contribution in [3.63, 3.8) is 0 Å². The van der Waals surface area contributed by atoms with Crippen molar-refractivity contribution in [2.45, 2.75) is 26.8 Å². The number of amides is 1. The molecule has 1 aromatic rings. The van der Waals surface area contributed by atoms with Gasteiger partial charge in [0.05, 0.1) is 5.02 Å². The smallest absolute Gasteiger partial charge is 0.359 e. The summed E-state index contributed by atoms with van der Waals surface area (Å²) in [7, 11) is 0. The van der Waals surface area contributed by atoms with Crippen LogP contribution in [0.5, 0.6) is 0 Å². The highest BCUT2D eigenvalue weighted by Crippen LogP contribution is 2.17. The van der Waals surface area contributed by atoms with Gasteiger partial charge in [-0.2, -0.15) is 0 Å². The zero-order valence-corrected chi connectivity index (χ0v) is 13.0. The van der Waals surface area contributed by atoms with E-state index in [-0.39, 0.29) is 34.4 Å². The number of pyridine rings is 1. The van der Waals surface area contributed by atoms with Gasteiger partial charge in [0.15, 0.2) is 12.3 Å². The molecular weight excluding hydrogens is 303 g/mol. The third kappa shape index (κ3) is 4.98. The van der Waals surface area contributed by atoms with Crippen LogP contribution in [0.4, 0.5) is 0 Å². The minimum atomic E-state index is -0.787. The molecule has 1 heterocycles. The monoisotopic (exact) mass is 318 g/mol. The largest absolute Gasteiger partial charge is 0.451 e. The van der Waals surface area contributed by atoms with Gasteiger partial charge in [0.1, 0.15) is 5.15 Å². The molecule has 0 bridgehead atoms. The maximum Gasteiger partial charge on any atom is 0.359 e. The number of halogens is 2. The Hall–Kier alpha value is -1.33. The SMILES string of the molecule is CC(C)[C@@H](C)NC(=O)COC(=O)c1nc(Cl)ccc1Cl. The fourth-order valence-corrected chi connectivity index (χ4v) is 1.55. The average molecular weight is 319 g/mol. The lowest BCUT2D eigenvalue weighted by Crippen LogP contribution is -2.38. The number of esters is 1. The van der Waals surface area contributed by atoms with Crippen LogP contribution < -0.4 is 5.32 Å². The van der Waals surface area contributed by atoms with Crippen LogP contribution in [0.3, 0.4) is 0 Å². The average Bonchev–Trinajstić information content (AvgIpc) is 2.38. The third-order valence-corrected chi connectivity index (χ3v) is 3.24. The van der Waals surface area contributed by atoms with Crippen LogP contribution in [-0.2, 0) is 9.53 Å². The van der Waals surface area contributed by atoms with E-state index >= 15 is 0 Å². The van der Waals surface area contributed by atoms with Crippen LogP contribution in [-0.4, -0.2) is 29.5 Å². The van der Waals surface area contributed by atoms with Gasteiger partial charge in [-0.25, -0.2) is 9.78 Å². The molecule has 1 atom stereocenters. The lowest BCUT2D eigenvalue weighted by molar-refractivity contribution is -0.125. The molecule has 1 amide bonds. The Morgan fingerprint density at radius 2 is 1.95 bits per heavy atom. The number of nitrogens with zero attached hydrogens (tertiary/aromatic N) is 1. The summed E-state index contributed by atoms with van der Waals surface area (Å²) < 4.78 is 4.85. The maximum absolute atomic E-state index is 11.7. The molecule has 110 valence electrons. The summed E-state index contributed by atoms with van der Waals surface area (Å²) in [5, 5.41) is 2.96. The van der Waals surface area contributed by atoms with Crippen molar-refractivity contribution in [1.29, 1.82) is 0 Å². The molecule has 1 aromatic heterocycles. The minimum absolute atomic E-state index is 0.00548. The van der Waals surface area contributed by atoms with E-state index < -0.39 is 5.97 Å². The van der Waals surface area contributed by atoms with Gasteiger partial charge in [-0.1, -0.05) is 37.0 Å². The highest BCUT2D eigenvalue weighted by molar-refractivity contribution is 6.34. The lowest BCUT2D eigenvalue weighted by Gasteiger charge is -2.17. The van der Waals surface area contributed by atoms with E-state index in [2.05, 4.69) is 10.3 Å². The summed E-state index contributed by atoms with van der Waals surface area (Å²) in [5.41, 5.74) is -0.108. The third-order valence-electron chi connectivity index (χ3n) is 2.73. The summed E-state index contributed by atoms with van der Waals surface area (Å²) in [6.07, 6.45) is 0. The molecule has 0 saturated carbocycles. The molecule has 0 fully saturated rings. The number of hydrogen-bond donors (Lipinski definition) is 1. The standard InChI is InChI=1S/C13H16Cl2N2O3/c1-7(2)8(3)16-11(18)6-20-13(19)12-9(14)4-5-10(15)17-12/h4-5,7-8H,6H2,1-3H3,(H,16,18)/t8-/m1/s1. The van der Waals surface area contributed by atoms with Crippen LogP contribution in [0.15, 0.2) is 12.1 Å². The number of carbonyl (C=O) groups excluding carboxylic acids is 2. The van der Waals surface area contributed by atoms with Gasteiger partial charge in [0.2, 0.25) is 0 Å². The van der Waals surface area contributed by atoms with Gasteiger partial charge in [-0.05, 0) is 25.0 Å². The van der Waals surface area contributed by atoms with Crippen molar-refractivity contribution in [2.75, 3.05) is 6.61 Å². The molecule has 0 aliphatic carbocycles. The van der Waals surface area contributed by atoms with E-state index in [1.54, 1.807) is 0 Å². The first-order chi connectivity index (χ1) is 9.31. The van der Waals surface area contributed by atoms with Crippen molar-refractivity contribution in [1.82, 2.24) is 10.3 Å². The quantitative estimate of drug-likeness (QED) is 0.669. The van der Waals surface area contributed by atoms with E-state index in [1.165, 1.54) is 12.1 Å². The van der Waals surface area contributed by atoms with Crippen LogP contribution in [0.1, 0.15) is 31.3 Å². The summed E-state index contributed by atoms with van der Waals surface area (Å²) in [5.74, 6) is -0.874. The fourth-order valence-electron chi connectivity index (χ4n) is 1.22. The van der Waals surface area contributed by atoms with Crippen molar-refractivity contribution in [3.05, 3.63) is 28.0 Å². The van der Waals surface area contributed by atoms with Gasteiger partial charge in [0, 0.05) is 6.04 Å². The summed E-state index contributed by atoms with van der Waals surface area (Å²) in [6, 6.07) is 2.89. The Morgan fingerprint density at radius 3 is 2.55 bits per heavy atom. The first-order valence-electron chi connectivity index (χ1n) is 6.09. The predicted octanol–water partition coefficient (Wildman–Crippen LogP) is 2.71. The first-order valence-corrected chi connectivity index (χ1v) is 6.85. The molecule has 20 heavy (non-hydrogen) atoms. The van der Waals surface area contributed by atoms with Crippen LogP contribution in [0, 0.1) is 5.92 Å². The molecule has 0 spiro atoms. The van der Waals surface area contributed by atoms with E-state index in [0.717, 1.165) is 0 Å². The second-order valence-electron chi connectivity index (χ2n) is 4.64. The maximum atomic E-state index is 11.7. The Balaban J connectivity index is 2.55. The molecular formula is C13H16Cl2N2O3. The first kappa shape index (κ1) is 16.7. The number of hydrogen-bond acceptors (Lipinski definition) is 4. The fraction of sp³-hybridized carbons (Fsp3) is 0.462. The van der Waals surface area contributed by atoms with Gasteiger partial charge in [-0.3, -0.25) is 4.79 Å². The van der Waals surface area contributed by atoms with Crippen LogP contribution >= 0.6 is 23.2 Å². The summed E-state index contributed by atoms with van der Waals surface area (Å²) >= 11 is 11.5. The van der Waals surface area contributed by atoms with Crippen molar-refractivity contribution in [3.8, 4) is 0 Å². The van der Waals surface area contributed by atoms with E-state index in [0.29, 0.717) is 5.92 Å². The topological polar surface area (TPSA) is 68.3 Å². The second-order valence-corrected chi connectivity index (χ2v) is 5.44. The number of ether oxygens (including phenoxy) is 1. The predicted molar refractivity (Wildman–Crippen MR) is 77.0 cm³/mol. The van der Waals surface area contributed by atoms with E-state index in [1.807, 2.05) is 20.8 Å². The Labute approximate surface area is 127 Å². The second kappa shape index (κ2) is 7.45. The molecule has 0 radical (unpaired) electrons. The molecule has 0 aromatic carbocycles. The van der Waals surface area contributed by atoms with Crippen molar-refractivity contribution in [2.24, 2.45) is 5.92 Å². The Morgan fingerprint density at radius 1 is 1.30 bits per heavy atom. The molecule has 0 unspecified atom stereocenters. The zero-order chi connectivity index (χ0) is 15.3. The van der Waals surface area contributed by atoms with Crippen molar-refractivity contribution >= 4 is 35.1 Å². The molecule has 1 N–H and O–H groups in total. The summed E-state index contributed by atoms with van der Waals surface area (Å²) in [4.78, 5) is 27.1. The minimum Gasteiger partial charge on any atom is -0.451 e. The van der Waals surface area contributed by atoms with Crippen molar-refractivity contribution < 1.29 is 14.3 Å². The molecule has 0 aliphatic rings. The number of carbonyl (C=O) groups is 2. The Bertz CT molecular complexity index is 506. The van der Waals surface area contributed by atoms with Gasteiger partial charge >= 0.3 is 5.97 Å². The van der Waals surface area contributed by atoms with Gasteiger partial charge in [0.25, 0.3) is 5.91 Å². The number of nitrogens with one attached hydrogen (secondary N) is 1. The van der Waals surface area contributed by atoms with Crippen LogP contribution in [0.2, 0.25) is 10.2 Å². The molecule has 0 aliphatic heterocycles. The lowest BCUT2D eigenvalue weighted by atomic mass is 10.1. The van der Waals surface area contributed by atoms with Gasteiger partial charge in [-0.15, -0.1) is 0 Å². The molecule has 7 heteroatoms. The zero-order valence-electron chi connectivity index (χ0n) is 11.4. The van der Waals surface area contributed by atoms with E-state index in [9.17, 15) is 9.59 Å². The van der Waals surface area contributed by atoms with E-state index in [4.69, 9.17) is 27.9 Å².